The summed E-state index contributed by atoms with van der Waals surface area (Å²) < 4.78 is 2.09. The number of nitrogens with zero attached hydrogens (tertiary/aromatic N) is 6. The lowest BCUT2D eigenvalue weighted by Gasteiger charge is -2.32. The second kappa shape index (κ2) is 5.61. The molecule has 3 aromatic heterocycles. The number of fused-ring (bicyclic) bond motifs is 1. The molecule has 0 aliphatic carbocycles. The van der Waals surface area contributed by atoms with Crippen LogP contribution in [0.15, 0.2) is 30.5 Å². The molecule has 4 rings (SSSR count). The minimum atomic E-state index is 0.352. The molecule has 1 saturated heterocycles. The van der Waals surface area contributed by atoms with E-state index < -0.39 is 0 Å². The van der Waals surface area contributed by atoms with E-state index in [1.165, 1.54) is 0 Å². The Morgan fingerprint density at radius 3 is 2.74 bits per heavy atom. The number of piperidine rings is 1. The highest BCUT2D eigenvalue weighted by Gasteiger charge is 2.26. The maximum Gasteiger partial charge on any atom is 0.225 e. The van der Waals surface area contributed by atoms with Crippen LogP contribution >= 0.6 is 0 Å². The Morgan fingerprint density at radius 2 is 1.91 bits per heavy atom. The molecule has 23 heavy (non-hydrogen) atoms. The molecule has 6 heteroatoms. The van der Waals surface area contributed by atoms with E-state index in [1.54, 1.807) is 0 Å². The van der Waals surface area contributed by atoms with Crippen LogP contribution in [0, 0.1) is 13.8 Å². The topological polar surface area (TPSA) is 59.2 Å². The Balaban J connectivity index is 1.64. The monoisotopic (exact) mass is 308 g/mol. The summed E-state index contributed by atoms with van der Waals surface area (Å²) in [6.45, 7) is 5.92. The average molecular weight is 308 g/mol. The number of hydrogen-bond acceptors (Lipinski definition) is 5. The zero-order valence-electron chi connectivity index (χ0n) is 13.5. The van der Waals surface area contributed by atoms with E-state index in [9.17, 15) is 0 Å². The van der Waals surface area contributed by atoms with Gasteiger partial charge < -0.3 is 4.90 Å². The highest BCUT2D eigenvalue weighted by molar-refractivity contribution is 5.39. The molecule has 1 atom stereocenters. The molecule has 0 bridgehead atoms. The van der Waals surface area contributed by atoms with Gasteiger partial charge in [0.15, 0.2) is 5.65 Å². The zero-order chi connectivity index (χ0) is 15.8. The van der Waals surface area contributed by atoms with Gasteiger partial charge in [-0.05, 0) is 44.9 Å². The standard InChI is InChI=1S/C17H20N6/c1-12-10-13(2)19-17(18-12)22-8-5-6-14(11-22)16-21-20-15-7-3-4-9-23(15)16/h3-4,7,9-10,14H,5-6,8,11H2,1-2H3/t14-/m1/s1. The Hall–Kier alpha value is -2.50. The molecule has 1 fully saturated rings. The van der Waals surface area contributed by atoms with Crippen LogP contribution in [0.25, 0.3) is 5.65 Å². The van der Waals surface area contributed by atoms with Gasteiger partial charge in [0.25, 0.3) is 0 Å². The van der Waals surface area contributed by atoms with E-state index in [0.29, 0.717) is 5.92 Å². The normalized spacial score (nSPS) is 18.5. The van der Waals surface area contributed by atoms with Gasteiger partial charge in [-0.25, -0.2) is 9.97 Å². The number of hydrogen-bond donors (Lipinski definition) is 0. The van der Waals surface area contributed by atoms with Crippen LogP contribution in [-0.4, -0.2) is 37.7 Å². The number of anilines is 1. The summed E-state index contributed by atoms with van der Waals surface area (Å²) >= 11 is 0. The molecule has 0 spiro atoms. The Bertz CT molecular complexity index is 820. The first-order valence-electron chi connectivity index (χ1n) is 8.07. The molecule has 0 amide bonds. The molecule has 0 unspecified atom stereocenters. The number of pyridine rings is 1. The molecule has 0 radical (unpaired) electrons. The number of aryl methyl sites for hydroxylation is 2. The molecule has 1 aliphatic heterocycles. The fraction of sp³-hybridized carbons (Fsp3) is 0.412. The molecule has 3 aromatic rings. The van der Waals surface area contributed by atoms with Crippen molar-refractivity contribution in [2.75, 3.05) is 18.0 Å². The lowest BCUT2D eigenvalue weighted by atomic mass is 9.97. The largest absolute Gasteiger partial charge is 0.340 e. The van der Waals surface area contributed by atoms with Crippen LogP contribution in [0.3, 0.4) is 0 Å². The smallest absolute Gasteiger partial charge is 0.225 e. The van der Waals surface area contributed by atoms with Crippen molar-refractivity contribution in [2.45, 2.75) is 32.6 Å². The molecule has 1 aliphatic rings. The van der Waals surface area contributed by atoms with Crippen molar-refractivity contribution in [3.05, 3.63) is 47.7 Å². The zero-order valence-corrected chi connectivity index (χ0v) is 13.5. The van der Waals surface area contributed by atoms with Crippen LogP contribution in [0.1, 0.15) is 36.0 Å². The molecular formula is C17H20N6. The van der Waals surface area contributed by atoms with Gasteiger partial charge in [0.05, 0.1) is 0 Å². The molecule has 6 nitrogen and oxygen atoms in total. The summed E-state index contributed by atoms with van der Waals surface area (Å²) in [5.41, 5.74) is 2.94. The fourth-order valence-electron chi connectivity index (χ4n) is 3.36. The predicted octanol–water partition coefficient (Wildman–Crippen LogP) is 2.52. The highest BCUT2D eigenvalue weighted by atomic mass is 15.3. The predicted molar refractivity (Wildman–Crippen MR) is 88.7 cm³/mol. The summed E-state index contributed by atoms with van der Waals surface area (Å²) in [4.78, 5) is 11.5. The molecule has 4 heterocycles. The lowest BCUT2D eigenvalue weighted by Crippen LogP contribution is -2.36. The van der Waals surface area contributed by atoms with Crippen molar-refractivity contribution in [3.8, 4) is 0 Å². The number of aromatic nitrogens is 5. The van der Waals surface area contributed by atoms with Gasteiger partial charge in [-0.3, -0.25) is 4.40 Å². The van der Waals surface area contributed by atoms with Gasteiger partial charge in [0, 0.05) is 36.6 Å². The van der Waals surface area contributed by atoms with Crippen molar-refractivity contribution in [1.82, 2.24) is 24.6 Å². The van der Waals surface area contributed by atoms with Gasteiger partial charge in [0.1, 0.15) is 5.82 Å². The van der Waals surface area contributed by atoms with Crippen LogP contribution < -0.4 is 4.90 Å². The summed E-state index contributed by atoms with van der Waals surface area (Å²) in [6.07, 6.45) is 4.27. The Labute approximate surface area is 135 Å². The third-order valence-electron chi connectivity index (χ3n) is 4.38. The fourth-order valence-corrected chi connectivity index (χ4v) is 3.36. The van der Waals surface area contributed by atoms with E-state index in [0.717, 1.165) is 54.7 Å². The summed E-state index contributed by atoms with van der Waals surface area (Å²) in [7, 11) is 0. The van der Waals surface area contributed by atoms with Gasteiger partial charge >= 0.3 is 0 Å². The van der Waals surface area contributed by atoms with Crippen molar-refractivity contribution in [3.63, 3.8) is 0 Å². The first-order valence-corrected chi connectivity index (χ1v) is 8.07. The Kier molecular flexibility index (Phi) is 3.44. The van der Waals surface area contributed by atoms with Gasteiger partial charge in [-0.2, -0.15) is 0 Å². The molecule has 0 saturated carbocycles. The minimum absolute atomic E-state index is 0.352. The molecule has 0 N–H and O–H groups in total. The maximum atomic E-state index is 4.61. The van der Waals surface area contributed by atoms with E-state index in [2.05, 4.69) is 29.5 Å². The SMILES string of the molecule is Cc1cc(C)nc(N2CCC[C@@H](c3nnc4ccccn34)C2)n1. The quantitative estimate of drug-likeness (QED) is 0.728. The van der Waals surface area contributed by atoms with E-state index in [4.69, 9.17) is 0 Å². The number of rotatable bonds is 2. The summed E-state index contributed by atoms with van der Waals surface area (Å²) in [5.74, 6) is 2.22. The minimum Gasteiger partial charge on any atom is -0.340 e. The highest BCUT2D eigenvalue weighted by Crippen LogP contribution is 2.28. The van der Waals surface area contributed by atoms with E-state index in [1.807, 2.05) is 44.3 Å². The third-order valence-corrected chi connectivity index (χ3v) is 4.38. The van der Waals surface area contributed by atoms with E-state index in [-0.39, 0.29) is 0 Å². The van der Waals surface area contributed by atoms with Gasteiger partial charge in [-0.1, -0.05) is 6.07 Å². The van der Waals surface area contributed by atoms with Crippen LogP contribution in [-0.2, 0) is 0 Å². The van der Waals surface area contributed by atoms with Crippen molar-refractivity contribution in [2.24, 2.45) is 0 Å². The molecule has 118 valence electrons. The third kappa shape index (κ3) is 2.65. The first kappa shape index (κ1) is 14.1. The maximum absolute atomic E-state index is 4.61. The van der Waals surface area contributed by atoms with E-state index >= 15 is 0 Å². The lowest BCUT2D eigenvalue weighted by molar-refractivity contribution is 0.482. The molecular weight excluding hydrogens is 288 g/mol. The van der Waals surface area contributed by atoms with Crippen molar-refractivity contribution < 1.29 is 0 Å². The summed E-state index contributed by atoms with van der Waals surface area (Å²) in [5, 5.41) is 8.71. The molecule has 0 aromatic carbocycles. The van der Waals surface area contributed by atoms with Crippen LogP contribution in [0.4, 0.5) is 5.95 Å². The van der Waals surface area contributed by atoms with Crippen molar-refractivity contribution in [1.29, 1.82) is 0 Å². The van der Waals surface area contributed by atoms with Crippen LogP contribution in [0.2, 0.25) is 0 Å². The summed E-state index contributed by atoms with van der Waals surface area (Å²) in [6, 6.07) is 8.01. The van der Waals surface area contributed by atoms with Crippen molar-refractivity contribution >= 4 is 11.6 Å². The second-order valence-corrected chi connectivity index (χ2v) is 6.22. The Morgan fingerprint density at radius 1 is 1.09 bits per heavy atom. The average Bonchev–Trinajstić information content (AvgIpc) is 2.98. The second-order valence-electron chi connectivity index (χ2n) is 6.22. The first-order chi connectivity index (χ1) is 11.2. The van der Waals surface area contributed by atoms with Gasteiger partial charge in [0.2, 0.25) is 5.95 Å². The van der Waals surface area contributed by atoms with Gasteiger partial charge in [-0.15, -0.1) is 10.2 Å². The van der Waals surface area contributed by atoms with Crippen LogP contribution in [0.5, 0.6) is 0 Å².